The first kappa shape index (κ1) is 20.1. The van der Waals surface area contributed by atoms with E-state index in [1.54, 1.807) is 0 Å². The molecule has 8 heteroatoms. The van der Waals surface area contributed by atoms with Crippen LogP contribution in [0.3, 0.4) is 0 Å². The fourth-order valence-corrected chi connectivity index (χ4v) is 4.01. The summed E-state index contributed by atoms with van der Waals surface area (Å²) >= 11 is 9.45. The van der Waals surface area contributed by atoms with Gasteiger partial charge in [0.05, 0.1) is 6.54 Å². The van der Waals surface area contributed by atoms with E-state index in [2.05, 4.69) is 36.3 Å². The fourth-order valence-electron chi connectivity index (χ4n) is 3.42. The first-order chi connectivity index (χ1) is 14.1. The standard InChI is InChI=1S/C21H20BrClN4O2/c22-16-4-2-6-18(12-16)24-21(28)14-7-9-27(10-8-14)13-19-25-20(26-29-19)15-3-1-5-17(23)11-15/h1-6,11-12,14H,7-10,13H2,(H,24,28). The third kappa shape index (κ3) is 5.23. The van der Waals surface area contributed by atoms with E-state index < -0.39 is 0 Å². The van der Waals surface area contributed by atoms with Crippen LogP contribution in [-0.2, 0) is 11.3 Å². The molecule has 0 saturated carbocycles. The van der Waals surface area contributed by atoms with Crippen molar-refractivity contribution in [1.82, 2.24) is 15.0 Å². The summed E-state index contributed by atoms with van der Waals surface area (Å²) in [6, 6.07) is 15.0. The van der Waals surface area contributed by atoms with Gasteiger partial charge in [-0.2, -0.15) is 4.98 Å². The van der Waals surface area contributed by atoms with Gasteiger partial charge in [-0.3, -0.25) is 9.69 Å². The Labute approximate surface area is 182 Å². The van der Waals surface area contributed by atoms with E-state index >= 15 is 0 Å². The molecule has 1 N–H and O–H groups in total. The van der Waals surface area contributed by atoms with Crippen LogP contribution in [0.1, 0.15) is 18.7 Å². The minimum atomic E-state index is 0.00920. The Bertz CT molecular complexity index is 1000. The molecule has 2 heterocycles. The lowest BCUT2D eigenvalue weighted by Crippen LogP contribution is -2.37. The summed E-state index contributed by atoms with van der Waals surface area (Å²) in [7, 11) is 0. The molecular formula is C21H20BrClN4O2. The Morgan fingerprint density at radius 2 is 2.00 bits per heavy atom. The first-order valence-electron chi connectivity index (χ1n) is 9.44. The van der Waals surface area contributed by atoms with Crippen LogP contribution >= 0.6 is 27.5 Å². The van der Waals surface area contributed by atoms with Gasteiger partial charge in [0.15, 0.2) is 0 Å². The Morgan fingerprint density at radius 3 is 2.76 bits per heavy atom. The van der Waals surface area contributed by atoms with Gasteiger partial charge >= 0.3 is 0 Å². The topological polar surface area (TPSA) is 71.3 Å². The smallest absolute Gasteiger partial charge is 0.241 e. The van der Waals surface area contributed by atoms with Crippen LogP contribution in [0.4, 0.5) is 5.69 Å². The number of nitrogens with one attached hydrogen (secondary N) is 1. The van der Waals surface area contributed by atoms with E-state index in [4.69, 9.17) is 16.1 Å². The zero-order valence-electron chi connectivity index (χ0n) is 15.6. The van der Waals surface area contributed by atoms with Crippen molar-refractivity contribution in [3.8, 4) is 11.4 Å². The Balaban J connectivity index is 1.29. The molecule has 0 unspecified atom stereocenters. The van der Waals surface area contributed by atoms with Crippen LogP contribution < -0.4 is 5.32 Å². The van der Waals surface area contributed by atoms with E-state index in [9.17, 15) is 4.79 Å². The van der Waals surface area contributed by atoms with E-state index in [1.165, 1.54) is 0 Å². The lowest BCUT2D eigenvalue weighted by molar-refractivity contribution is -0.121. The zero-order chi connectivity index (χ0) is 20.2. The molecule has 0 bridgehead atoms. The normalized spacial score (nSPS) is 15.4. The molecule has 1 aliphatic heterocycles. The van der Waals surface area contributed by atoms with Crippen molar-refractivity contribution in [2.45, 2.75) is 19.4 Å². The molecule has 0 atom stereocenters. The molecule has 0 radical (unpaired) electrons. The summed E-state index contributed by atoms with van der Waals surface area (Å²) in [5.74, 6) is 1.18. The van der Waals surface area contributed by atoms with Crippen LogP contribution in [0.2, 0.25) is 5.02 Å². The van der Waals surface area contributed by atoms with E-state index in [0.29, 0.717) is 23.3 Å². The molecular weight excluding hydrogens is 456 g/mol. The average molecular weight is 476 g/mol. The number of nitrogens with zero attached hydrogens (tertiary/aromatic N) is 3. The van der Waals surface area contributed by atoms with Gasteiger partial charge in [-0.1, -0.05) is 50.9 Å². The summed E-state index contributed by atoms with van der Waals surface area (Å²) in [5, 5.41) is 7.69. The zero-order valence-corrected chi connectivity index (χ0v) is 18.0. The molecule has 150 valence electrons. The van der Waals surface area contributed by atoms with Crippen LogP contribution in [0.15, 0.2) is 57.5 Å². The maximum atomic E-state index is 12.5. The molecule has 1 saturated heterocycles. The summed E-state index contributed by atoms with van der Waals surface area (Å²) in [6.45, 7) is 2.20. The molecule has 1 aromatic heterocycles. The lowest BCUT2D eigenvalue weighted by atomic mass is 9.96. The van der Waals surface area contributed by atoms with Gasteiger partial charge < -0.3 is 9.84 Å². The van der Waals surface area contributed by atoms with Gasteiger partial charge in [-0.25, -0.2) is 0 Å². The Kier molecular flexibility index (Phi) is 6.28. The van der Waals surface area contributed by atoms with Crippen LogP contribution in [0, 0.1) is 5.92 Å². The highest BCUT2D eigenvalue weighted by atomic mass is 79.9. The number of aromatic nitrogens is 2. The number of rotatable bonds is 5. The number of carbonyl (C=O) groups excluding carboxylic acids is 1. The predicted molar refractivity (Wildman–Crippen MR) is 116 cm³/mol. The molecule has 6 nitrogen and oxygen atoms in total. The van der Waals surface area contributed by atoms with Gasteiger partial charge in [-0.15, -0.1) is 0 Å². The first-order valence-corrected chi connectivity index (χ1v) is 10.6. The van der Waals surface area contributed by atoms with Crippen molar-refractivity contribution in [3.05, 3.63) is 63.9 Å². The van der Waals surface area contributed by atoms with Crippen molar-refractivity contribution in [1.29, 1.82) is 0 Å². The van der Waals surface area contributed by atoms with Crippen molar-refractivity contribution < 1.29 is 9.32 Å². The second-order valence-electron chi connectivity index (χ2n) is 7.07. The molecule has 1 aliphatic rings. The molecule has 0 spiro atoms. The van der Waals surface area contributed by atoms with E-state index in [0.717, 1.165) is 41.7 Å². The number of carbonyl (C=O) groups is 1. The van der Waals surface area contributed by atoms with Crippen molar-refractivity contribution in [2.24, 2.45) is 5.92 Å². The molecule has 2 aromatic carbocycles. The Hall–Kier alpha value is -2.22. The van der Waals surface area contributed by atoms with Crippen LogP contribution in [-0.4, -0.2) is 34.0 Å². The van der Waals surface area contributed by atoms with Crippen LogP contribution in [0.25, 0.3) is 11.4 Å². The highest BCUT2D eigenvalue weighted by molar-refractivity contribution is 9.10. The highest BCUT2D eigenvalue weighted by Crippen LogP contribution is 2.23. The third-order valence-corrected chi connectivity index (χ3v) is 5.69. The van der Waals surface area contributed by atoms with Crippen LogP contribution in [0.5, 0.6) is 0 Å². The molecule has 0 aliphatic carbocycles. The second-order valence-corrected chi connectivity index (χ2v) is 8.42. The van der Waals surface area contributed by atoms with Crippen molar-refractivity contribution in [2.75, 3.05) is 18.4 Å². The molecule has 29 heavy (non-hydrogen) atoms. The third-order valence-electron chi connectivity index (χ3n) is 4.96. The predicted octanol–water partition coefficient (Wildman–Crippen LogP) is 5.00. The van der Waals surface area contributed by atoms with Gasteiger partial charge in [0.1, 0.15) is 0 Å². The lowest BCUT2D eigenvalue weighted by Gasteiger charge is -2.30. The summed E-state index contributed by atoms with van der Waals surface area (Å²) in [4.78, 5) is 19.2. The maximum absolute atomic E-state index is 12.5. The monoisotopic (exact) mass is 474 g/mol. The van der Waals surface area contributed by atoms with E-state index in [-0.39, 0.29) is 11.8 Å². The quantitative estimate of drug-likeness (QED) is 0.562. The molecule has 4 rings (SSSR count). The average Bonchev–Trinajstić information content (AvgIpc) is 3.17. The number of hydrogen-bond acceptors (Lipinski definition) is 5. The molecule has 1 fully saturated rings. The summed E-state index contributed by atoms with van der Waals surface area (Å²) in [5.41, 5.74) is 1.64. The minimum absolute atomic E-state index is 0.00920. The van der Waals surface area contributed by atoms with E-state index in [1.807, 2.05) is 48.5 Å². The van der Waals surface area contributed by atoms with Gasteiger partial charge in [0.2, 0.25) is 17.6 Å². The largest absolute Gasteiger partial charge is 0.338 e. The second kappa shape index (κ2) is 9.07. The minimum Gasteiger partial charge on any atom is -0.338 e. The number of anilines is 1. The number of halogens is 2. The van der Waals surface area contributed by atoms with Gasteiger partial charge in [-0.05, 0) is 56.3 Å². The Morgan fingerprint density at radius 1 is 1.21 bits per heavy atom. The number of benzene rings is 2. The SMILES string of the molecule is O=C(Nc1cccc(Br)c1)C1CCN(Cc2nc(-c3cccc(Cl)c3)no2)CC1. The maximum Gasteiger partial charge on any atom is 0.241 e. The number of amides is 1. The number of piperidine rings is 1. The number of hydrogen-bond donors (Lipinski definition) is 1. The summed E-state index contributed by atoms with van der Waals surface area (Å²) in [6.07, 6.45) is 1.60. The van der Waals surface area contributed by atoms with Crippen molar-refractivity contribution >= 4 is 39.1 Å². The summed E-state index contributed by atoms with van der Waals surface area (Å²) < 4.78 is 6.34. The highest BCUT2D eigenvalue weighted by Gasteiger charge is 2.26. The number of likely N-dealkylation sites (tertiary alicyclic amines) is 1. The van der Waals surface area contributed by atoms with Crippen molar-refractivity contribution in [3.63, 3.8) is 0 Å². The fraction of sp³-hybridized carbons (Fsp3) is 0.286. The van der Waals surface area contributed by atoms with Gasteiger partial charge in [0, 0.05) is 26.7 Å². The molecule has 1 amide bonds. The van der Waals surface area contributed by atoms with Gasteiger partial charge in [0.25, 0.3) is 0 Å². The molecule has 3 aromatic rings.